The van der Waals surface area contributed by atoms with Crippen molar-refractivity contribution in [1.82, 2.24) is 4.90 Å². The molecule has 1 aliphatic rings. The zero-order valence-electron chi connectivity index (χ0n) is 16.3. The van der Waals surface area contributed by atoms with E-state index in [9.17, 15) is 0 Å². The topological polar surface area (TPSA) is 12.5 Å². The first kappa shape index (κ1) is 19.3. The van der Waals surface area contributed by atoms with Crippen LogP contribution in [0, 0.1) is 6.92 Å². The number of nitrogens with zero attached hydrogens (tertiary/aromatic N) is 1. The lowest BCUT2D eigenvalue weighted by atomic mass is 10.1. The van der Waals surface area contributed by atoms with Crippen molar-refractivity contribution in [3.8, 4) is 0 Å². The molecule has 4 rings (SSSR count). The number of rotatable bonds is 6. The fraction of sp³-hybridized carbons (Fsp3) is 0.280. The predicted molar refractivity (Wildman–Crippen MR) is 118 cm³/mol. The van der Waals surface area contributed by atoms with E-state index in [2.05, 4.69) is 96.8 Å². The minimum Gasteiger partial charge on any atom is -0.374 e. The molecule has 3 aromatic rings. The second-order valence-corrected chi connectivity index (χ2v) is 8.53. The van der Waals surface area contributed by atoms with Crippen LogP contribution in [0.15, 0.2) is 89.8 Å². The molecule has 0 radical (unpaired) electrons. The molecule has 1 saturated heterocycles. The molecule has 0 saturated carbocycles. The standard InChI is InChI=1S/C25H27NOS/c1-20-10-8-9-15-24(20)28-25(22-13-6-3-7-14-22)23-19-26(16-17-27-23)18-21-11-4-2-5-12-21/h2-15,23,25H,16-19H2,1H3/t23-,25-/m1/s1. The molecule has 1 fully saturated rings. The van der Waals surface area contributed by atoms with E-state index in [0.717, 1.165) is 26.2 Å². The molecule has 0 N–H and O–H groups in total. The highest BCUT2D eigenvalue weighted by atomic mass is 32.2. The van der Waals surface area contributed by atoms with Crippen LogP contribution in [0.25, 0.3) is 0 Å². The quantitative estimate of drug-likeness (QED) is 0.500. The van der Waals surface area contributed by atoms with Gasteiger partial charge in [0.1, 0.15) is 0 Å². The van der Waals surface area contributed by atoms with Crippen molar-refractivity contribution in [1.29, 1.82) is 0 Å². The number of hydrogen-bond acceptors (Lipinski definition) is 3. The molecular formula is C25H27NOS. The summed E-state index contributed by atoms with van der Waals surface area (Å²) in [5.74, 6) is 0. The van der Waals surface area contributed by atoms with Crippen molar-refractivity contribution in [2.45, 2.75) is 29.7 Å². The minimum atomic E-state index is 0.171. The van der Waals surface area contributed by atoms with Crippen molar-refractivity contribution in [3.05, 3.63) is 102 Å². The number of morpholine rings is 1. The summed E-state index contributed by atoms with van der Waals surface area (Å²) in [6, 6.07) is 30.2. The normalized spacial score (nSPS) is 18.7. The first-order chi connectivity index (χ1) is 13.8. The number of aryl methyl sites for hydroxylation is 1. The van der Waals surface area contributed by atoms with Crippen molar-refractivity contribution in [2.75, 3.05) is 19.7 Å². The summed E-state index contributed by atoms with van der Waals surface area (Å²) in [6.07, 6.45) is 0.171. The molecule has 3 heteroatoms. The second-order valence-electron chi connectivity index (χ2n) is 7.34. The summed E-state index contributed by atoms with van der Waals surface area (Å²) in [4.78, 5) is 3.86. The average Bonchev–Trinajstić information content (AvgIpc) is 2.75. The molecular weight excluding hydrogens is 362 g/mol. The van der Waals surface area contributed by atoms with Crippen molar-refractivity contribution < 1.29 is 4.74 Å². The smallest absolute Gasteiger partial charge is 0.0865 e. The van der Waals surface area contributed by atoms with Gasteiger partial charge in [0, 0.05) is 24.5 Å². The summed E-state index contributed by atoms with van der Waals surface area (Å²) < 4.78 is 6.31. The summed E-state index contributed by atoms with van der Waals surface area (Å²) >= 11 is 1.93. The summed E-state index contributed by atoms with van der Waals surface area (Å²) in [7, 11) is 0. The third-order valence-corrected chi connectivity index (χ3v) is 6.78. The minimum absolute atomic E-state index is 0.171. The van der Waals surface area contributed by atoms with Gasteiger partial charge in [0.25, 0.3) is 0 Å². The van der Waals surface area contributed by atoms with Crippen molar-refractivity contribution >= 4 is 11.8 Å². The van der Waals surface area contributed by atoms with Gasteiger partial charge in [-0.25, -0.2) is 0 Å². The number of ether oxygens (including phenoxy) is 1. The van der Waals surface area contributed by atoms with Crippen molar-refractivity contribution in [2.24, 2.45) is 0 Å². The van der Waals surface area contributed by atoms with E-state index in [0.29, 0.717) is 0 Å². The third kappa shape index (κ3) is 4.85. The Hall–Kier alpha value is -2.07. The maximum atomic E-state index is 6.31. The zero-order valence-corrected chi connectivity index (χ0v) is 17.1. The van der Waals surface area contributed by atoms with Gasteiger partial charge < -0.3 is 4.74 Å². The van der Waals surface area contributed by atoms with E-state index in [1.165, 1.54) is 21.6 Å². The van der Waals surface area contributed by atoms with Crippen LogP contribution in [0.5, 0.6) is 0 Å². The highest BCUT2D eigenvalue weighted by Gasteiger charge is 2.30. The largest absolute Gasteiger partial charge is 0.374 e. The van der Waals surface area contributed by atoms with Crippen LogP contribution in [0.2, 0.25) is 0 Å². The fourth-order valence-corrected chi connectivity index (χ4v) is 5.02. The Morgan fingerprint density at radius 2 is 1.61 bits per heavy atom. The van der Waals surface area contributed by atoms with E-state index in [1.54, 1.807) is 0 Å². The van der Waals surface area contributed by atoms with Gasteiger partial charge in [-0.2, -0.15) is 0 Å². The summed E-state index contributed by atoms with van der Waals surface area (Å²) in [5, 5.41) is 0.279. The highest BCUT2D eigenvalue weighted by Crippen LogP contribution is 2.41. The van der Waals surface area contributed by atoms with Gasteiger partial charge in [-0.3, -0.25) is 4.90 Å². The molecule has 144 valence electrons. The first-order valence-electron chi connectivity index (χ1n) is 9.95. The molecule has 0 aromatic heterocycles. The maximum Gasteiger partial charge on any atom is 0.0865 e. The van der Waals surface area contributed by atoms with E-state index < -0.39 is 0 Å². The van der Waals surface area contributed by atoms with Gasteiger partial charge in [0.05, 0.1) is 18.0 Å². The zero-order chi connectivity index (χ0) is 19.2. The van der Waals surface area contributed by atoms with Crippen LogP contribution in [-0.4, -0.2) is 30.7 Å². The highest BCUT2D eigenvalue weighted by molar-refractivity contribution is 7.99. The summed E-state index contributed by atoms with van der Waals surface area (Å²) in [6.45, 7) is 5.90. The molecule has 0 bridgehead atoms. The molecule has 0 amide bonds. The lowest BCUT2D eigenvalue weighted by Crippen LogP contribution is -2.44. The summed E-state index contributed by atoms with van der Waals surface area (Å²) in [5.41, 5.74) is 4.03. The monoisotopic (exact) mass is 389 g/mol. The van der Waals surface area contributed by atoms with E-state index >= 15 is 0 Å². The molecule has 1 aliphatic heterocycles. The third-order valence-electron chi connectivity index (χ3n) is 5.24. The Kier molecular flexibility index (Phi) is 6.48. The molecule has 3 aromatic carbocycles. The number of hydrogen-bond donors (Lipinski definition) is 0. The van der Waals surface area contributed by atoms with E-state index in [1.807, 2.05) is 11.8 Å². The van der Waals surface area contributed by atoms with Gasteiger partial charge in [0.2, 0.25) is 0 Å². The van der Waals surface area contributed by atoms with Crippen LogP contribution in [0.1, 0.15) is 21.9 Å². The van der Waals surface area contributed by atoms with Crippen molar-refractivity contribution in [3.63, 3.8) is 0 Å². The average molecular weight is 390 g/mol. The van der Waals surface area contributed by atoms with Crippen LogP contribution in [0.3, 0.4) is 0 Å². The maximum absolute atomic E-state index is 6.31. The molecule has 0 unspecified atom stereocenters. The molecule has 2 nitrogen and oxygen atoms in total. The predicted octanol–water partition coefficient (Wildman–Crippen LogP) is 5.73. The van der Waals surface area contributed by atoms with Crippen LogP contribution >= 0.6 is 11.8 Å². The van der Waals surface area contributed by atoms with Crippen LogP contribution in [-0.2, 0) is 11.3 Å². The SMILES string of the molecule is Cc1ccccc1S[C@H](c1ccccc1)[C@H]1CN(Cc2ccccc2)CCO1. The van der Waals surface area contributed by atoms with Gasteiger partial charge in [0.15, 0.2) is 0 Å². The van der Waals surface area contributed by atoms with Crippen LogP contribution in [0.4, 0.5) is 0 Å². The van der Waals surface area contributed by atoms with E-state index in [-0.39, 0.29) is 11.4 Å². The Balaban J connectivity index is 1.54. The fourth-order valence-electron chi connectivity index (χ4n) is 3.73. The Bertz CT molecular complexity index is 868. The Morgan fingerprint density at radius 1 is 0.929 bits per heavy atom. The Morgan fingerprint density at radius 3 is 2.36 bits per heavy atom. The molecule has 2 atom stereocenters. The van der Waals surface area contributed by atoms with Crippen LogP contribution < -0.4 is 0 Å². The second kappa shape index (κ2) is 9.42. The van der Waals surface area contributed by atoms with Gasteiger partial charge in [-0.1, -0.05) is 78.9 Å². The Labute approximate surface area is 172 Å². The van der Waals surface area contributed by atoms with Gasteiger partial charge in [-0.15, -0.1) is 11.8 Å². The van der Waals surface area contributed by atoms with Gasteiger partial charge >= 0.3 is 0 Å². The number of benzene rings is 3. The molecule has 0 spiro atoms. The molecule has 0 aliphatic carbocycles. The molecule has 28 heavy (non-hydrogen) atoms. The lowest BCUT2D eigenvalue weighted by molar-refractivity contribution is -0.0319. The van der Waals surface area contributed by atoms with E-state index in [4.69, 9.17) is 4.74 Å². The lowest BCUT2D eigenvalue weighted by Gasteiger charge is -2.37. The first-order valence-corrected chi connectivity index (χ1v) is 10.8. The number of thioether (sulfide) groups is 1. The molecule has 1 heterocycles. The van der Waals surface area contributed by atoms with Gasteiger partial charge in [-0.05, 0) is 29.7 Å².